The molecule has 1 aliphatic heterocycles. The van der Waals surface area contributed by atoms with Crippen LogP contribution in [0.4, 0.5) is 5.69 Å². The summed E-state index contributed by atoms with van der Waals surface area (Å²) >= 11 is 0. The number of aromatic nitrogens is 2. The summed E-state index contributed by atoms with van der Waals surface area (Å²) in [5.74, 6) is 1.78. The van der Waals surface area contributed by atoms with Crippen molar-refractivity contribution in [1.29, 1.82) is 0 Å². The predicted octanol–water partition coefficient (Wildman–Crippen LogP) is 2.22. The fourth-order valence-electron chi connectivity index (χ4n) is 2.77. The lowest BCUT2D eigenvalue weighted by atomic mass is 10.2. The number of rotatable bonds is 4. The van der Waals surface area contributed by atoms with Gasteiger partial charge in [0.15, 0.2) is 5.82 Å². The Morgan fingerprint density at radius 2 is 1.86 bits per heavy atom. The van der Waals surface area contributed by atoms with E-state index >= 15 is 0 Å². The van der Waals surface area contributed by atoms with Crippen molar-refractivity contribution in [1.82, 2.24) is 15.0 Å². The summed E-state index contributed by atoms with van der Waals surface area (Å²) in [6.07, 6.45) is 0.796. The summed E-state index contributed by atoms with van der Waals surface area (Å²) in [4.78, 5) is 9.12. The lowest BCUT2D eigenvalue weighted by Gasteiger charge is -2.38. The first-order valence-electron chi connectivity index (χ1n) is 7.78. The van der Waals surface area contributed by atoms with Crippen LogP contribution < -0.4 is 4.90 Å². The summed E-state index contributed by atoms with van der Waals surface area (Å²) in [7, 11) is 0. The van der Waals surface area contributed by atoms with Gasteiger partial charge in [-0.2, -0.15) is 4.98 Å². The van der Waals surface area contributed by atoms with Crippen LogP contribution in [0.3, 0.4) is 0 Å². The van der Waals surface area contributed by atoms with Crippen molar-refractivity contribution < 1.29 is 9.63 Å². The van der Waals surface area contributed by atoms with Crippen molar-refractivity contribution in [3.05, 3.63) is 36.0 Å². The number of piperazine rings is 1. The van der Waals surface area contributed by atoms with E-state index < -0.39 is 0 Å². The Bertz CT molecular complexity index is 603. The van der Waals surface area contributed by atoms with Crippen LogP contribution in [0.15, 0.2) is 28.8 Å². The summed E-state index contributed by atoms with van der Waals surface area (Å²) in [5, 5.41) is 13.3. The monoisotopic (exact) mass is 302 g/mol. The lowest BCUT2D eigenvalue weighted by Crippen LogP contribution is -2.47. The van der Waals surface area contributed by atoms with Gasteiger partial charge in [0, 0.05) is 38.3 Å². The first-order chi connectivity index (χ1) is 10.7. The molecule has 1 aromatic carbocycles. The van der Waals surface area contributed by atoms with E-state index in [1.165, 1.54) is 0 Å². The average Bonchev–Trinajstić information content (AvgIpc) is 3.04. The van der Waals surface area contributed by atoms with Crippen LogP contribution >= 0.6 is 0 Å². The van der Waals surface area contributed by atoms with E-state index in [1.54, 1.807) is 12.1 Å². The maximum Gasteiger partial charge on any atom is 0.243 e. The van der Waals surface area contributed by atoms with E-state index in [1.807, 2.05) is 19.1 Å². The molecule has 6 nitrogen and oxygen atoms in total. The van der Waals surface area contributed by atoms with Gasteiger partial charge in [0.1, 0.15) is 5.75 Å². The van der Waals surface area contributed by atoms with Gasteiger partial charge in [-0.1, -0.05) is 12.1 Å². The van der Waals surface area contributed by atoms with Crippen molar-refractivity contribution in [2.75, 3.05) is 31.1 Å². The number of benzene rings is 1. The molecule has 2 heterocycles. The summed E-state index contributed by atoms with van der Waals surface area (Å²) in [6, 6.07) is 7.53. The van der Waals surface area contributed by atoms with Crippen LogP contribution in [-0.2, 0) is 6.42 Å². The molecular weight excluding hydrogens is 280 g/mol. The van der Waals surface area contributed by atoms with Gasteiger partial charge in [0.2, 0.25) is 5.89 Å². The topological polar surface area (TPSA) is 65.6 Å². The Labute approximate surface area is 130 Å². The minimum absolute atomic E-state index is 0.148. The normalized spacial score (nSPS) is 17.6. The molecule has 0 bridgehead atoms. The van der Waals surface area contributed by atoms with Crippen LogP contribution in [-0.4, -0.2) is 46.3 Å². The average molecular weight is 302 g/mol. The fourth-order valence-corrected chi connectivity index (χ4v) is 2.77. The van der Waals surface area contributed by atoms with Crippen LogP contribution in [0.2, 0.25) is 0 Å². The van der Waals surface area contributed by atoms with E-state index in [2.05, 4.69) is 26.9 Å². The van der Waals surface area contributed by atoms with Crippen molar-refractivity contribution in [3.63, 3.8) is 0 Å². The second-order valence-electron chi connectivity index (χ2n) is 5.62. The molecule has 0 unspecified atom stereocenters. The van der Waals surface area contributed by atoms with Crippen LogP contribution in [0.5, 0.6) is 5.75 Å². The molecule has 1 atom stereocenters. The predicted molar refractivity (Wildman–Crippen MR) is 84.0 cm³/mol. The van der Waals surface area contributed by atoms with E-state index in [-0.39, 0.29) is 6.04 Å². The van der Waals surface area contributed by atoms with Crippen LogP contribution in [0.25, 0.3) is 0 Å². The maximum atomic E-state index is 9.37. The number of aromatic hydroxyl groups is 1. The van der Waals surface area contributed by atoms with Gasteiger partial charge in [-0.3, -0.25) is 4.90 Å². The molecule has 6 heteroatoms. The van der Waals surface area contributed by atoms with Gasteiger partial charge in [-0.05, 0) is 31.2 Å². The zero-order valence-electron chi connectivity index (χ0n) is 13.1. The Balaban J connectivity index is 1.60. The molecular formula is C16H22N4O2. The van der Waals surface area contributed by atoms with Crippen LogP contribution in [0.1, 0.15) is 31.6 Å². The first kappa shape index (κ1) is 14.8. The molecule has 1 saturated heterocycles. The number of aryl methyl sites for hydroxylation is 1. The Morgan fingerprint density at radius 1 is 1.18 bits per heavy atom. The minimum atomic E-state index is 0.148. The van der Waals surface area contributed by atoms with Crippen molar-refractivity contribution in [2.24, 2.45) is 0 Å². The highest BCUT2D eigenvalue weighted by Gasteiger charge is 2.25. The molecule has 3 rings (SSSR count). The molecule has 1 aliphatic rings. The Hall–Kier alpha value is -2.08. The van der Waals surface area contributed by atoms with Crippen molar-refractivity contribution in [3.8, 4) is 5.75 Å². The Morgan fingerprint density at radius 3 is 2.45 bits per heavy atom. The van der Waals surface area contributed by atoms with Crippen molar-refractivity contribution >= 4 is 5.69 Å². The van der Waals surface area contributed by atoms with Gasteiger partial charge in [-0.25, -0.2) is 0 Å². The number of hydrogen-bond acceptors (Lipinski definition) is 6. The third-order valence-corrected chi connectivity index (χ3v) is 4.23. The highest BCUT2D eigenvalue weighted by molar-refractivity contribution is 5.49. The molecule has 0 aliphatic carbocycles. The summed E-state index contributed by atoms with van der Waals surface area (Å²) in [5.41, 5.74) is 1.15. The zero-order valence-corrected chi connectivity index (χ0v) is 13.1. The molecule has 2 aromatic rings. The molecule has 0 amide bonds. The second-order valence-corrected chi connectivity index (χ2v) is 5.62. The summed E-state index contributed by atoms with van der Waals surface area (Å²) in [6.45, 7) is 7.93. The number of nitrogens with zero attached hydrogens (tertiary/aromatic N) is 4. The van der Waals surface area contributed by atoms with Gasteiger partial charge in [0.05, 0.1) is 6.04 Å². The molecule has 0 spiro atoms. The molecule has 0 saturated carbocycles. The minimum Gasteiger partial charge on any atom is -0.508 e. The van der Waals surface area contributed by atoms with Crippen LogP contribution in [0, 0.1) is 0 Å². The molecule has 118 valence electrons. The third kappa shape index (κ3) is 3.06. The largest absolute Gasteiger partial charge is 0.508 e. The van der Waals surface area contributed by atoms with Gasteiger partial charge >= 0.3 is 0 Å². The van der Waals surface area contributed by atoms with Gasteiger partial charge in [0.25, 0.3) is 0 Å². The van der Waals surface area contributed by atoms with E-state index in [0.717, 1.165) is 44.1 Å². The maximum absolute atomic E-state index is 9.37. The lowest BCUT2D eigenvalue weighted by molar-refractivity contribution is 0.164. The number of anilines is 1. The SMILES string of the molecule is CCc1noc([C@H](C)N2CCN(c3ccc(O)cc3)CC2)n1. The first-order valence-corrected chi connectivity index (χ1v) is 7.78. The van der Waals surface area contributed by atoms with E-state index in [0.29, 0.717) is 11.6 Å². The number of hydrogen-bond donors (Lipinski definition) is 1. The quantitative estimate of drug-likeness (QED) is 0.934. The summed E-state index contributed by atoms with van der Waals surface area (Å²) < 4.78 is 5.35. The molecule has 1 aromatic heterocycles. The van der Waals surface area contributed by atoms with Gasteiger partial charge < -0.3 is 14.5 Å². The van der Waals surface area contributed by atoms with E-state index in [9.17, 15) is 5.11 Å². The highest BCUT2D eigenvalue weighted by atomic mass is 16.5. The molecule has 1 N–H and O–H groups in total. The standard InChI is InChI=1S/C16H22N4O2/c1-3-15-17-16(22-18-15)12(2)19-8-10-20(11-9-19)13-4-6-14(21)7-5-13/h4-7,12,21H,3,8-11H2,1-2H3/t12-/m0/s1. The zero-order chi connectivity index (χ0) is 15.5. The smallest absolute Gasteiger partial charge is 0.243 e. The molecule has 1 fully saturated rings. The third-order valence-electron chi connectivity index (χ3n) is 4.23. The fraction of sp³-hybridized carbons (Fsp3) is 0.500. The van der Waals surface area contributed by atoms with E-state index in [4.69, 9.17) is 4.52 Å². The second kappa shape index (κ2) is 6.36. The molecule has 22 heavy (non-hydrogen) atoms. The highest BCUT2D eigenvalue weighted by Crippen LogP contribution is 2.24. The van der Waals surface area contributed by atoms with Gasteiger partial charge in [-0.15, -0.1) is 0 Å². The van der Waals surface area contributed by atoms with Crippen molar-refractivity contribution in [2.45, 2.75) is 26.3 Å². The number of phenols is 1. The number of phenolic OH excluding ortho intramolecular Hbond substituents is 1. The Kier molecular flexibility index (Phi) is 4.29. The molecule has 0 radical (unpaired) electrons.